The number of ether oxygens (including phenoxy) is 2. The summed E-state index contributed by atoms with van der Waals surface area (Å²) in [6.07, 6.45) is 1.34. The number of thiazole rings is 1. The van der Waals surface area contributed by atoms with Gasteiger partial charge in [-0.3, -0.25) is 9.69 Å². The van der Waals surface area contributed by atoms with Gasteiger partial charge in [0.15, 0.2) is 5.13 Å². The van der Waals surface area contributed by atoms with Crippen LogP contribution in [-0.4, -0.2) is 79.3 Å². The van der Waals surface area contributed by atoms with E-state index in [0.717, 1.165) is 56.4 Å². The molecule has 0 bridgehead atoms. The fourth-order valence-corrected chi connectivity index (χ4v) is 3.99. The molecule has 1 amide bonds. The molecule has 3 heterocycles. The molecule has 8 heteroatoms. The zero-order chi connectivity index (χ0) is 16.9. The highest BCUT2D eigenvalue weighted by Gasteiger charge is 2.25. The zero-order valence-electron chi connectivity index (χ0n) is 14.2. The molecule has 2 N–H and O–H groups in total. The van der Waals surface area contributed by atoms with E-state index in [1.165, 1.54) is 11.3 Å². The maximum Gasteiger partial charge on any atom is 0.227 e. The van der Waals surface area contributed by atoms with Gasteiger partial charge in [-0.25, -0.2) is 4.98 Å². The number of hydrogen-bond donors (Lipinski definition) is 1. The number of carbonyl (C=O) groups is 1. The van der Waals surface area contributed by atoms with E-state index in [2.05, 4.69) is 9.88 Å². The van der Waals surface area contributed by atoms with E-state index in [9.17, 15) is 4.79 Å². The highest BCUT2D eigenvalue weighted by atomic mass is 32.1. The van der Waals surface area contributed by atoms with Crippen LogP contribution < -0.4 is 5.73 Å². The van der Waals surface area contributed by atoms with E-state index in [1.54, 1.807) is 0 Å². The number of hydrogen-bond acceptors (Lipinski definition) is 7. The van der Waals surface area contributed by atoms with Gasteiger partial charge in [-0.05, 0) is 13.3 Å². The second-order valence-electron chi connectivity index (χ2n) is 6.34. The summed E-state index contributed by atoms with van der Waals surface area (Å²) >= 11 is 1.41. The van der Waals surface area contributed by atoms with Gasteiger partial charge in [0, 0.05) is 44.2 Å². The molecule has 0 unspecified atom stereocenters. The molecule has 2 aliphatic heterocycles. The summed E-state index contributed by atoms with van der Waals surface area (Å²) in [4.78, 5) is 22.2. The van der Waals surface area contributed by atoms with Crippen LogP contribution in [0.15, 0.2) is 0 Å². The van der Waals surface area contributed by atoms with Gasteiger partial charge in [0.05, 0.1) is 31.4 Å². The first-order valence-electron chi connectivity index (χ1n) is 8.53. The average molecular weight is 354 g/mol. The van der Waals surface area contributed by atoms with E-state index in [4.69, 9.17) is 15.2 Å². The molecule has 24 heavy (non-hydrogen) atoms. The van der Waals surface area contributed by atoms with Gasteiger partial charge in [-0.15, -0.1) is 11.3 Å². The number of rotatable bonds is 4. The van der Waals surface area contributed by atoms with Crippen molar-refractivity contribution in [2.24, 2.45) is 0 Å². The minimum Gasteiger partial charge on any atom is -0.379 e. The second kappa shape index (κ2) is 8.24. The molecule has 2 saturated heterocycles. The van der Waals surface area contributed by atoms with Crippen molar-refractivity contribution in [3.8, 4) is 0 Å². The van der Waals surface area contributed by atoms with E-state index in [-0.39, 0.29) is 12.0 Å². The molecule has 1 aromatic heterocycles. The molecule has 0 aliphatic carbocycles. The normalized spacial score (nSPS) is 23.2. The minimum absolute atomic E-state index is 0.0715. The number of nitrogens with two attached hydrogens (primary N) is 1. The van der Waals surface area contributed by atoms with Gasteiger partial charge >= 0.3 is 0 Å². The molecule has 0 spiro atoms. The van der Waals surface area contributed by atoms with E-state index in [1.807, 2.05) is 11.8 Å². The van der Waals surface area contributed by atoms with Gasteiger partial charge in [0.1, 0.15) is 0 Å². The topological polar surface area (TPSA) is 80.9 Å². The standard InChI is InChI=1S/C16H26N4O3S/c1-12-14(24-16(17)18-12)9-15(21)20-3-2-6-23-13(11-20)10-19-4-7-22-8-5-19/h13H,2-11H2,1H3,(H2,17,18)/t13-/m0/s1. The number of nitrogen functional groups attached to an aromatic ring is 1. The fraction of sp³-hybridized carbons (Fsp3) is 0.750. The summed E-state index contributed by atoms with van der Waals surface area (Å²) in [6.45, 7) is 8.33. The summed E-state index contributed by atoms with van der Waals surface area (Å²) in [5.41, 5.74) is 6.59. The highest BCUT2D eigenvalue weighted by molar-refractivity contribution is 7.15. The highest BCUT2D eigenvalue weighted by Crippen LogP contribution is 2.21. The Balaban J connectivity index is 1.57. The number of aromatic nitrogens is 1. The van der Waals surface area contributed by atoms with Crippen molar-refractivity contribution in [2.75, 3.05) is 58.3 Å². The summed E-state index contributed by atoms with van der Waals surface area (Å²) in [6, 6.07) is 0. The molecule has 0 aromatic carbocycles. The maximum absolute atomic E-state index is 12.7. The van der Waals surface area contributed by atoms with E-state index < -0.39 is 0 Å². The third-order valence-corrected chi connectivity index (χ3v) is 5.48. The SMILES string of the molecule is Cc1nc(N)sc1CC(=O)N1CCCO[C@@H](CN2CCOCC2)C1. The van der Waals surface area contributed by atoms with Crippen molar-refractivity contribution in [1.29, 1.82) is 0 Å². The molecule has 1 aromatic rings. The minimum atomic E-state index is 0.0715. The van der Waals surface area contributed by atoms with Crippen LogP contribution in [0.3, 0.4) is 0 Å². The summed E-state index contributed by atoms with van der Waals surface area (Å²) < 4.78 is 11.3. The van der Waals surface area contributed by atoms with Crippen molar-refractivity contribution in [2.45, 2.75) is 25.9 Å². The first kappa shape index (κ1) is 17.6. The Morgan fingerprint density at radius 1 is 1.33 bits per heavy atom. The third-order valence-electron chi connectivity index (χ3n) is 4.49. The molecular formula is C16H26N4O3S. The lowest BCUT2D eigenvalue weighted by Gasteiger charge is -2.31. The second-order valence-corrected chi connectivity index (χ2v) is 7.45. The molecular weight excluding hydrogens is 328 g/mol. The fourth-order valence-electron chi connectivity index (χ4n) is 3.17. The van der Waals surface area contributed by atoms with Crippen molar-refractivity contribution in [3.63, 3.8) is 0 Å². The number of carbonyl (C=O) groups excluding carboxylic acids is 1. The smallest absolute Gasteiger partial charge is 0.227 e. The molecule has 3 rings (SSSR count). The van der Waals surface area contributed by atoms with Crippen molar-refractivity contribution in [3.05, 3.63) is 10.6 Å². The largest absolute Gasteiger partial charge is 0.379 e. The quantitative estimate of drug-likeness (QED) is 0.849. The van der Waals surface area contributed by atoms with Gasteiger partial charge in [-0.1, -0.05) is 0 Å². The lowest BCUT2D eigenvalue weighted by atomic mass is 10.2. The summed E-state index contributed by atoms with van der Waals surface area (Å²) in [5.74, 6) is 0.138. The average Bonchev–Trinajstić information content (AvgIpc) is 2.76. The maximum atomic E-state index is 12.7. The van der Waals surface area contributed by atoms with Crippen LogP contribution in [0.4, 0.5) is 5.13 Å². The molecule has 1 atom stereocenters. The lowest BCUT2D eigenvalue weighted by molar-refractivity contribution is -0.131. The van der Waals surface area contributed by atoms with Crippen LogP contribution in [0.5, 0.6) is 0 Å². The van der Waals surface area contributed by atoms with Gasteiger partial charge < -0.3 is 20.1 Å². The zero-order valence-corrected chi connectivity index (χ0v) is 15.0. The molecule has 134 valence electrons. The van der Waals surface area contributed by atoms with Crippen LogP contribution in [0.2, 0.25) is 0 Å². The van der Waals surface area contributed by atoms with E-state index in [0.29, 0.717) is 24.7 Å². The predicted molar refractivity (Wildman–Crippen MR) is 93.2 cm³/mol. The monoisotopic (exact) mass is 354 g/mol. The van der Waals surface area contributed by atoms with Crippen LogP contribution in [0, 0.1) is 6.92 Å². The molecule has 2 aliphatic rings. The third kappa shape index (κ3) is 4.66. The van der Waals surface area contributed by atoms with E-state index >= 15 is 0 Å². The number of nitrogens with zero attached hydrogens (tertiary/aromatic N) is 3. The van der Waals surface area contributed by atoms with Crippen LogP contribution in [-0.2, 0) is 20.7 Å². The number of anilines is 1. The molecule has 0 saturated carbocycles. The Labute approximate surface area is 146 Å². The lowest BCUT2D eigenvalue weighted by Crippen LogP contribution is -2.46. The Morgan fingerprint density at radius 3 is 2.83 bits per heavy atom. The Kier molecular flexibility index (Phi) is 6.04. The summed E-state index contributed by atoms with van der Waals surface area (Å²) in [7, 11) is 0. The van der Waals surface area contributed by atoms with Crippen molar-refractivity contribution >= 4 is 22.4 Å². The Morgan fingerprint density at radius 2 is 2.12 bits per heavy atom. The number of morpholine rings is 1. The van der Waals surface area contributed by atoms with Crippen molar-refractivity contribution in [1.82, 2.24) is 14.8 Å². The summed E-state index contributed by atoms with van der Waals surface area (Å²) in [5, 5.41) is 0.527. The predicted octanol–water partition coefficient (Wildman–Crippen LogP) is 0.526. The number of amides is 1. The van der Waals surface area contributed by atoms with Gasteiger partial charge in [0.2, 0.25) is 5.91 Å². The Bertz CT molecular complexity index is 560. The van der Waals surface area contributed by atoms with Gasteiger partial charge in [-0.2, -0.15) is 0 Å². The van der Waals surface area contributed by atoms with Crippen LogP contribution in [0.1, 0.15) is 17.0 Å². The molecule has 7 nitrogen and oxygen atoms in total. The number of aryl methyl sites for hydroxylation is 1. The van der Waals surface area contributed by atoms with Crippen molar-refractivity contribution < 1.29 is 14.3 Å². The molecule has 2 fully saturated rings. The first-order chi connectivity index (χ1) is 11.6. The molecule has 0 radical (unpaired) electrons. The van der Waals surface area contributed by atoms with Crippen LogP contribution >= 0.6 is 11.3 Å². The Hall–Kier alpha value is -1.22. The first-order valence-corrected chi connectivity index (χ1v) is 9.34. The van der Waals surface area contributed by atoms with Crippen LogP contribution in [0.25, 0.3) is 0 Å². The van der Waals surface area contributed by atoms with Gasteiger partial charge in [0.25, 0.3) is 0 Å².